The van der Waals surface area contributed by atoms with E-state index in [4.69, 9.17) is 9.84 Å². The van der Waals surface area contributed by atoms with Gasteiger partial charge in [0.2, 0.25) is 5.90 Å². The van der Waals surface area contributed by atoms with E-state index in [9.17, 15) is 9.59 Å². The van der Waals surface area contributed by atoms with Gasteiger partial charge in [0.25, 0.3) is 5.91 Å². The summed E-state index contributed by atoms with van der Waals surface area (Å²) in [5.41, 5.74) is 3.18. The number of carbonyl (C=O) groups excluding carboxylic acids is 1. The molecule has 0 spiro atoms. The first-order chi connectivity index (χ1) is 16.4. The SMILES string of the molecule is CCOC1=NN(c2ccc(C(=O)O)cc2)C(=O)/C1=C\C=C\c1cn(C(C)CC)c2ccccc12. The van der Waals surface area contributed by atoms with Crippen molar-refractivity contribution in [3.63, 3.8) is 0 Å². The average molecular weight is 458 g/mol. The molecular formula is C27H27N3O4. The van der Waals surface area contributed by atoms with Gasteiger partial charge in [-0.05, 0) is 62.2 Å². The van der Waals surface area contributed by atoms with Crippen LogP contribution in [0.2, 0.25) is 0 Å². The fraction of sp³-hybridized carbons (Fsp3) is 0.222. The number of carboxylic acid groups (broad SMARTS) is 1. The zero-order valence-corrected chi connectivity index (χ0v) is 19.4. The number of amides is 1. The minimum absolute atomic E-state index is 0.139. The summed E-state index contributed by atoms with van der Waals surface area (Å²) in [5.74, 6) is -1.13. The molecular weight excluding hydrogens is 430 g/mol. The Morgan fingerprint density at radius 3 is 2.56 bits per heavy atom. The van der Waals surface area contributed by atoms with E-state index in [1.807, 2.05) is 31.2 Å². The minimum atomic E-state index is -1.03. The third kappa shape index (κ3) is 4.37. The van der Waals surface area contributed by atoms with Crippen LogP contribution in [-0.4, -0.2) is 34.1 Å². The maximum atomic E-state index is 13.1. The summed E-state index contributed by atoms with van der Waals surface area (Å²) in [5, 5.41) is 15.8. The maximum absolute atomic E-state index is 13.1. The number of hydrazone groups is 1. The van der Waals surface area contributed by atoms with Gasteiger partial charge in [-0.25, -0.2) is 4.79 Å². The highest BCUT2D eigenvalue weighted by molar-refractivity contribution is 6.28. The van der Waals surface area contributed by atoms with Crippen LogP contribution in [0, 0.1) is 0 Å². The van der Waals surface area contributed by atoms with E-state index in [-0.39, 0.29) is 17.4 Å². The lowest BCUT2D eigenvalue weighted by Gasteiger charge is -2.12. The highest BCUT2D eigenvalue weighted by atomic mass is 16.5. The van der Waals surface area contributed by atoms with Crippen LogP contribution in [0.4, 0.5) is 5.69 Å². The number of allylic oxidation sites excluding steroid dienone is 2. The van der Waals surface area contributed by atoms with E-state index in [0.29, 0.717) is 23.9 Å². The number of rotatable bonds is 7. The van der Waals surface area contributed by atoms with Gasteiger partial charge in [0.15, 0.2) is 0 Å². The standard InChI is InChI=1S/C27H27N3O4/c1-4-18(3)29-17-20(22-10-6-7-12-24(22)29)9-8-11-23-25(34-5-2)28-30(26(23)31)21-15-13-19(14-16-21)27(32)33/h6-18H,4-5H2,1-3H3,(H,32,33)/b9-8+,23-11-. The first-order valence-electron chi connectivity index (χ1n) is 11.3. The zero-order chi connectivity index (χ0) is 24.2. The van der Waals surface area contributed by atoms with Gasteiger partial charge in [-0.2, -0.15) is 5.01 Å². The number of para-hydroxylation sites is 1. The first-order valence-corrected chi connectivity index (χ1v) is 11.3. The molecule has 0 bridgehead atoms. The largest absolute Gasteiger partial charge is 0.478 e. The van der Waals surface area contributed by atoms with E-state index < -0.39 is 5.97 Å². The smallest absolute Gasteiger partial charge is 0.335 e. The Labute approximate surface area is 198 Å². The van der Waals surface area contributed by atoms with Crippen molar-refractivity contribution in [2.24, 2.45) is 5.10 Å². The van der Waals surface area contributed by atoms with Crippen LogP contribution in [0.25, 0.3) is 17.0 Å². The molecule has 174 valence electrons. The van der Waals surface area contributed by atoms with Crippen LogP contribution in [0.3, 0.4) is 0 Å². The Morgan fingerprint density at radius 2 is 1.88 bits per heavy atom. The molecule has 1 N–H and O–H groups in total. The van der Waals surface area contributed by atoms with Crippen LogP contribution >= 0.6 is 0 Å². The number of nitrogens with zero attached hydrogens (tertiary/aromatic N) is 3. The number of aromatic nitrogens is 1. The van der Waals surface area contributed by atoms with Crippen molar-refractivity contribution >= 4 is 40.4 Å². The van der Waals surface area contributed by atoms with Crippen molar-refractivity contribution in [3.8, 4) is 0 Å². The van der Waals surface area contributed by atoms with Crippen molar-refractivity contribution in [1.82, 2.24) is 4.57 Å². The number of carboxylic acids is 1. The van der Waals surface area contributed by atoms with Gasteiger partial charge in [0, 0.05) is 23.1 Å². The first kappa shape index (κ1) is 23.0. The fourth-order valence-electron chi connectivity index (χ4n) is 3.88. The molecule has 0 saturated carbocycles. The third-order valence-corrected chi connectivity index (χ3v) is 5.86. The lowest BCUT2D eigenvalue weighted by Crippen LogP contribution is -2.21. The van der Waals surface area contributed by atoms with Gasteiger partial charge in [-0.1, -0.05) is 37.3 Å². The molecule has 1 unspecified atom stereocenters. The second-order valence-corrected chi connectivity index (χ2v) is 8.01. The zero-order valence-electron chi connectivity index (χ0n) is 19.4. The van der Waals surface area contributed by atoms with Crippen LogP contribution in [0.5, 0.6) is 0 Å². The average Bonchev–Trinajstić information content (AvgIpc) is 3.37. The topological polar surface area (TPSA) is 84.1 Å². The van der Waals surface area contributed by atoms with E-state index >= 15 is 0 Å². The molecule has 2 heterocycles. The van der Waals surface area contributed by atoms with Crippen LogP contribution < -0.4 is 5.01 Å². The van der Waals surface area contributed by atoms with Crippen molar-refractivity contribution in [2.45, 2.75) is 33.2 Å². The Balaban J connectivity index is 1.64. The molecule has 1 atom stereocenters. The molecule has 1 aliphatic heterocycles. The second kappa shape index (κ2) is 9.79. The van der Waals surface area contributed by atoms with Gasteiger partial charge >= 0.3 is 5.97 Å². The third-order valence-electron chi connectivity index (χ3n) is 5.86. The van der Waals surface area contributed by atoms with Gasteiger partial charge < -0.3 is 14.4 Å². The molecule has 3 aromatic rings. The van der Waals surface area contributed by atoms with Crippen molar-refractivity contribution in [2.75, 3.05) is 11.6 Å². The molecule has 0 fully saturated rings. The lowest BCUT2D eigenvalue weighted by molar-refractivity contribution is -0.114. The monoisotopic (exact) mass is 457 g/mol. The van der Waals surface area contributed by atoms with Crippen molar-refractivity contribution in [1.29, 1.82) is 0 Å². The Bertz CT molecular complexity index is 1320. The summed E-state index contributed by atoms with van der Waals surface area (Å²) in [6.07, 6.45) is 8.69. The van der Waals surface area contributed by atoms with E-state index in [2.05, 4.69) is 41.8 Å². The molecule has 1 amide bonds. The van der Waals surface area contributed by atoms with Gasteiger partial charge in [0.1, 0.15) is 5.57 Å². The van der Waals surface area contributed by atoms with Gasteiger partial charge in [-0.3, -0.25) is 4.79 Å². The summed E-state index contributed by atoms with van der Waals surface area (Å²) in [7, 11) is 0. The predicted octanol–water partition coefficient (Wildman–Crippen LogP) is 5.65. The number of carbonyl (C=O) groups is 2. The highest BCUT2D eigenvalue weighted by Crippen LogP contribution is 2.28. The van der Waals surface area contributed by atoms with Crippen LogP contribution in [-0.2, 0) is 9.53 Å². The van der Waals surface area contributed by atoms with E-state index in [1.54, 1.807) is 18.2 Å². The normalized spacial score (nSPS) is 16.0. The molecule has 1 aromatic heterocycles. The fourth-order valence-corrected chi connectivity index (χ4v) is 3.88. The van der Waals surface area contributed by atoms with Crippen LogP contribution in [0.1, 0.15) is 49.2 Å². The number of benzene rings is 2. The molecule has 7 heteroatoms. The highest BCUT2D eigenvalue weighted by Gasteiger charge is 2.32. The van der Waals surface area contributed by atoms with Crippen molar-refractivity contribution in [3.05, 3.63) is 83.6 Å². The number of hydrogen-bond donors (Lipinski definition) is 1. The number of fused-ring (bicyclic) bond motifs is 1. The molecule has 7 nitrogen and oxygen atoms in total. The summed E-state index contributed by atoms with van der Waals surface area (Å²) in [4.78, 5) is 24.2. The lowest BCUT2D eigenvalue weighted by atomic mass is 10.1. The number of anilines is 1. The summed E-state index contributed by atoms with van der Waals surface area (Å²) in [6.45, 7) is 6.55. The van der Waals surface area contributed by atoms with Gasteiger partial charge in [-0.15, -0.1) is 5.10 Å². The molecule has 0 radical (unpaired) electrons. The molecule has 34 heavy (non-hydrogen) atoms. The summed E-state index contributed by atoms with van der Waals surface area (Å²) < 4.78 is 7.89. The second-order valence-electron chi connectivity index (χ2n) is 8.01. The Hall–Kier alpha value is -4.13. The maximum Gasteiger partial charge on any atom is 0.335 e. The number of aromatic carboxylic acids is 1. The number of ether oxygens (including phenoxy) is 1. The number of hydrogen-bond acceptors (Lipinski definition) is 4. The summed E-state index contributed by atoms with van der Waals surface area (Å²) >= 11 is 0. The van der Waals surface area contributed by atoms with E-state index in [0.717, 1.165) is 17.4 Å². The minimum Gasteiger partial charge on any atom is -0.478 e. The van der Waals surface area contributed by atoms with Crippen LogP contribution in [0.15, 0.2) is 77.6 Å². The molecule has 2 aromatic carbocycles. The Kier molecular flexibility index (Phi) is 6.63. The Morgan fingerprint density at radius 1 is 1.15 bits per heavy atom. The molecule has 4 rings (SSSR count). The molecule has 0 saturated heterocycles. The van der Waals surface area contributed by atoms with Crippen molar-refractivity contribution < 1.29 is 19.4 Å². The predicted molar refractivity (Wildman–Crippen MR) is 134 cm³/mol. The summed E-state index contributed by atoms with van der Waals surface area (Å²) in [6, 6.07) is 14.6. The van der Waals surface area contributed by atoms with Gasteiger partial charge in [0.05, 0.1) is 17.9 Å². The quantitative estimate of drug-likeness (QED) is 0.465. The molecule has 1 aliphatic rings. The molecule has 0 aliphatic carbocycles. The van der Waals surface area contributed by atoms with E-state index in [1.165, 1.54) is 22.7 Å².